The van der Waals surface area contributed by atoms with Gasteiger partial charge in [0.25, 0.3) is 0 Å². The first-order chi connectivity index (χ1) is 16.7. The third-order valence-electron chi connectivity index (χ3n) is 5.60. The van der Waals surface area contributed by atoms with Crippen molar-refractivity contribution in [2.24, 2.45) is 5.18 Å². The maximum atomic E-state index is 12.3. The molecule has 0 radical (unpaired) electrons. The maximum absolute atomic E-state index is 12.3. The molecule has 0 bridgehead atoms. The van der Waals surface area contributed by atoms with Gasteiger partial charge in [0.05, 0.1) is 12.3 Å². The van der Waals surface area contributed by atoms with Gasteiger partial charge in [0.1, 0.15) is 11.4 Å². The van der Waals surface area contributed by atoms with E-state index in [1.165, 1.54) is 0 Å². The fourth-order valence-corrected chi connectivity index (χ4v) is 4.09. The Morgan fingerprint density at radius 1 is 0.824 bits per heavy atom. The summed E-state index contributed by atoms with van der Waals surface area (Å²) >= 11 is 0. The van der Waals surface area contributed by atoms with Gasteiger partial charge in [-0.05, 0) is 40.9 Å². The highest BCUT2D eigenvalue weighted by Gasteiger charge is 2.37. The summed E-state index contributed by atoms with van der Waals surface area (Å²) in [5.41, 5.74) is 2.46. The molecular formula is C28H25N3O3. The van der Waals surface area contributed by atoms with E-state index in [1.54, 1.807) is 25.1 Å². The molecule has 0 fully saturated rings. The molecular weight excluding hydrogens is 426 g/mol. The summed E-state index contributed by atoms with van der Waals surface area (Å²) in [6.07, 6.45) is 0. The third kappa shape index (κ3) is 4.57. The van der Waals surface area contributed by atoms with Gasteiger partial charge in [-0.25, -0.2) is 9.78 Å². The molecule has 0 aliphatic carbocycles. The van der Waals surface area contributed by atoms with Crippen LogP contribution in [-0.4, -0.2) is 17.6 Å². The van der Waals surface area contributed by atoms with E-state index in [0.717, 1.165) is 16.7 Å². The first-order valence-electron chi connectivity index (χ1n) is 11.1. The van der Waals surface area contributed by atoms with E-state index < -0.39 is 17.6 Å². The molecule has 6 heteroatoms. The molecule has 4 rings (SSSR count). The van der Waals surface area contributed by atoms with Crippen LogP contribution in [0.25, 0.3) is 0 Å². The van der Waals surface area contributed by atoms with Crippen LogP contribution < -0.4 is 5.32 Å². The fourth-order valence-electron chi connectivity index (χ4n) is 4.09. The van der Waals surface area contributed by atoms with Crippen LogP contribution in [0.2, 0.25) is 0 Å². The Kier molecular flexibility index (Phi) is 7.08. The number of esters is 1. The van der Waals surface area contributed by atoms with Gasteiger partial charge >= 0.3 is 5.97 Å². The van der Waals surface area contributed by atoms with E-state index in [1.807, 2.05) is 54.6 Å². The van der Waals surface area contributed by atoms with Crippen LogP contribution in [0.4, 0.5) is 5.82 Å². The third-order valence-corrected chi connectivity index (χ3v) is 5.60. The second-order valence-corrected chi connectivity index (χ2v) is 7.68. The summed E-state index contributed by atoms with van der Waals surface area (Å²) in [5.74, 6) is -0.227. The zero-order chi connectivity index (χ0) is 23.8. The number of anilines is 1. The number of hydrogen-bond donors (Lipinski definition) is 1. The van der Waals surface area contributed by atoms with E-state index in [2.05, 4.69) is 51.9 Å². The number of ether oxygens (including phenoxy) is 1. The molecule has 0 saturated carbocycles. The van der Waals surface area contributed by atoms with Crippen molar-refractivity contribution in [3.05, 3.63) is 136 Å². The van der Waals surface area contributed by atoms with E-state index in [9.17, 15) is 9.70 Å². The number of nitrogens with zero attached hydrogens (tertiary/aromatic N) is 2. The minimum Gasteiger partial charge on any atom is -0.464 e. The van der Waals surface area contributed by atoms with Crippen LogP contribution in [0.15, 0.2) is 114 Å². The number of aromatic nitrogens is 1. The first-order valence-corrected chi connectivity index (χ1v) is 11.1. The average Bonchev–Trinajstić information content (AvgIpc) is 2.90. The summed E-state index contributed by atoms with van der Waals surface area (Å²) in [6, 6.07) is 34.1. The first kappa shape index (κ1) is 22.9. The fraction of sp³-hybridized carbons (Fsp3) is 0.143. The largest absolute Gasteiger partial charge is 0.464 e. The lowest BCUT2D eigenvalue weighted by molar-refractivity contribution is -0.144. The van der Waals surface area contributed by atoms with Gasteiger partial charge in [-0.1, -0.05) is 97.1 Å². The van der Waals surface area contributed by atoms with Crippen molar-refractivity contribution in [2.75, 3.05) is 11.9 Å². The smallest absolute Gasteiger partial charge is 0.340 e. The lowest BCUT2D eigenvalue weighted by atomic mass is 9.77. The Morgan fingerprint density at radius 2 is 1.32 bits per heavy atom. The number of nitroso groups, excluding NO2 is 1. The van der Waals surface area contributed by atoms with Gasteiger partial charge in [0.2, 0.25) is 6.04 Å². The molecule has 4 aromatic rings. The monoisotopic (exact) mass is 451 g/mol. The average molecular weight is 452 g/mol. The highest BCUT2D eigenvalue weighted by molar-refractivity contribution is 5.77. The Balaban J connectivity index is 1.88. The normalized spacial score (nSPS) is 11.9. The summed E-state index contributed by atoms with van der Waals surface area (Å²) in [7, 11) is 0. The predicted octanol–water partition coefficient (Wildman–Crippen LogP) is 5.86. The molecule has 170 valence electrons. The lowest BCUT2D eigenvalue weighted by Crippen LogP contribution is -2.38. The molecule has 0 amide bonds. The van der Waals surface area contributed by atoms with E-state index in [4.69, 9.17) is 4.74 Å². The van der Waals surface area contributed by atoms with Gasteiger partial charge < -0.3 is 10.1 Å². The highest BCUT2D eigenvalue weighted by Crippen LogP contribution is 2.39. The van der Waals surface area contributed by atoms with Gasteiger partial charge in [-0.3, -0.25) is 0 Å². The van der Waals surface area contributed by atoms with Gasteiger partial charge in [-0.2, -0.15) is 0 Å². The quantitative estimate of drug-likeness (QED) is 0.196. The molecule has 0 aliphatic heterocycles. The summed E-state index contributed by atoms with van der Waals surface area (Å²) in [5, 5.41) is 6.60. The minimum absolute atomic E-state index is 0.155. The standard InChI is InChI=1S/C28H25N3O3/c1-2-34-27(32)26(31-33)24-19-12-20-25(29-24)30-28(21-13-6-3-7-14-21,22-15-8-4-9-16-22)23-17-10-5-11-18-23/h3-20,26H,2H2,1H3,(H,29,30). The zero-order valence-electron chi connectivity index (χ0n) is 18.8. The van der Waals surface area contributed by atoms with Crippen molar-refractivity contribution in [3.63, 3.8) is 0 Å². The minimum atomic E-state index is -1.33. The Labute approximate surface area is 198 Å². The van der Waals surface area contributed by atoms with Crippen molar-refractivity contribution >= 4 is 11.8 Å². The Morgan fingerprint density at radius 3 is 1.76 bits per heavy atom. The Hall–Kier alpha value is -4.32. The molecule has 1 heterocycles. The summed E-state index contributed by atoms with van der Waals surface area (Å²) < 4.78 is 5.00. The van der Waals surface area contributed by atoms with E-state index in [0.29, 0.717) is 5.82 Å². The van der Waals surface area contributed by atoms with Gasteiger partial charge in [0, 0.05) is 0 Å². The van der Waals surface area contributed by atoms with Crippen molar-refractivity contribution in [1.29, 1.82) is 0 Å². The zero-order valence-corrected chi connectivity index (χ0v) is 18.8. The molecule has 34 heavy (non-hydrogen) atoms. The van der Waals surface area contributed by atoms with Crippen molar-refractivity contribution < 1.29 is 9.53 Å². The number of hydrogen-bond acceptors (Lipinski definition) is 6. The molecule has 1 unspecified atom stereocenters. The highest BCUT2D eigenvalue weighted by atomic mass is 16.5. The van der Waals surface area contributed by atoms with Crippen molar-refractivity contribution in [2.45, 2.75) is 18.5 Å². The molecule has 1 atom stereocenters. The number of pyridine rings is 1. The van der Waals surface area contributed by atoms with Crippen LogP contribution >= 0.6 is 0 Å². The second kappa shape index (κ2) is 10.5. The van der Waals surface area contributed by atoms with Crippen LogP contribution in [0.1, 0.15) is 35.3 Å². The molecule has 0 spiro atoms. The molecule has 1 N–H and O–H groups in total. The van der Waals surface area contributed by atoms with Crippen molar-refractivity contribution in [3.8, 4) is 0 Å². The number of nitrogens with one attached hydrogen (secondary N) is 1. The second-order valence-electron chi connectivity index (χ2n) is 7.68. The van der Waals surface area contributed by atoms with Crippen LogP contribution in [-0.2, 0) is 15.1 Å². The summed E-state index contributed by atoms with van der Waals surface area (Å²) in [6.45, 7) is 1.83. The van der Waals surface area contributed by atoms with E-state index >= 15 is 0 Å². The lowest BCUT2D eigenvalue weighted by Gasteiger charge is -2.37. The number of carbonyl (C=O) groups excluding carboxylic acids is 1. The maximum Gasteiger partial charge on any atom is 0.340 e. The van der Waals surface area contributed by atoms with Gasteiger partial charge in [-0.15, -0.1) is 4.91 Å². The molecule has 0 saturated heterocycles. The number of benzene rings is 3. The van der Waals surface area contributed by atoms with Crippen LogP contribution in [0, 0.1) is 4.91 Å². The molecule has 3 aromatic carbocycles. The van der Waals surface area contributed by atoms with Gasteiger partial charge in [0.15, 0.2) is 0 Å². The summed E-state index contributed by atoms with van der Waals surface area (Å²) in [4.78, 5) is 28.3. The predicted molar refractivity (Wildman–Crippen MR) is 132 cm³/mol. The molecule has 6 nitrogen and oxygen atoms in total. The van der Waals surface area contributed by atoms with Crippen LogP contribution in [0.5, 0.6) is 0 Å². The van der Waals surface area contributed by atoms with Crippen molar-refractivity contribution in [1.82, 2.24) is 4.98 Å². The molecule has 1 aromatic heterocycles. The SMILES string of the molecule is CCOC(=O)C(N=O)c1cccc(NC(c2ccccc2)(c2ccccc2)c2ccccc2)n1. The van der Waals surface area contributed by atoms with E-state index in [-0.39, 0.29) is 12.3 Å². The molecule has 0 aliphatic rings. The topological polar surface area (TPSA) is 80.6 Å². The Bertz CT molecular complexity index is 1130. The number of rotatable bonds is 9. The van der Waals surface area contributed by atoms with Crippen LogP contribution in [0.3, 0.4) is 0 Å². The number of carbonyl (C=O) groups is 1.